The molecule has 252 valence electrons. The van der Waals surface area contributed by atoms with Gasteiger partial charge in [0.05, 0.1) is 0 Å². The third-order valence-electron chi connectivity index (χ3n) is 9.96. The summed E-state index contributed by atoms with van der Waals surface area (Å²) in [6.45, 7) is 27.5. The van der Waals surface area contributed by atoms with Gasteiger partial charge in [0.15, 0.2) is 0 Å². The first-order chi connectivity index (χ1) is 21.4. The zero-order valence-electron chi connectivity index (χ0n) is 31.1. The molecular formula is C44H52Cl2SiZr-2. The predicted octanol–water partition coefficient (Wildman–Crippen LogP) is 5.19. The zero-order chi connectivity index (χ0) is 33.8. The van der Waals surface area contributed by atoms with E-state index in [9.17, 15) is 0 Å². The Morgan fingerprint density at radius 2 is 1.35 bits per heavy atom. The molecule has 0 nitrogen and oxygen atoms in total. The Bertz CT molecular complexity index is 1790. The van der Waals surface area contributed by atoms with Crippen LogP contribution in [0.15, 0.2) is 72.8 Å². The van der Waals surface area contributed by atoms with E-state index in [-0.39, 0.29) is 35.6 Å². The second-order valence-electron chi connectivity index (χ2n) is 15.8. The van der Waals surface area contributed by atoms with Gasteiger partial charge in [-0.1, -0.05) is 91.7 Å². The summed E-state index contributed by atoms with van der Waals surface area (Å²) < 4.78 is 1.55. The van der Waals surface area contributed by atoms with E-state index in [1.54, 1.807) is 8.39 Å². The van der Waals surface area contributed by atoms with Gasteiger partial charge < -0.3 is 24.8 Å². The topological polar surface area (TPSA) is 0 Å². The maximum Gasteiger partial charge on any atom is 0.00418 e. The number of halogens is 2. The second kappa shape index (κ2) is 15.1. The van der Waals surface area contributed by atoms with Crippen molar-refractivity contribution in [2.75, 3.05) is 0 Å². The fraction of sp³-hybridized carbons (Fsp3) is 0.364. The quantitative estimate of drug-likeness (QED) is 0.175. The molecule has 0 saturated heterocycles. The van der Waals surface area contributed by atoms with Crippen molar-refractivity contribution in [2.24, 2.45) is 0 Å². The maximum absolute atomic E-state index is 3.65. The Morgan fingerprint density at radius 1 is 0.792 bits per heavy atom. The molecule has 0 heterocycles. The predicted molar refractivity (Wildman–Crippen MR) is 202 cm³/mol. The van der Waals surface area contributed by atoms with Gasteiger partial charge in [-0.2, -0.15) is 27.9 Å². The number of hydrogen-bond acceptors (Lipinski definition) is 0. The first-order valence-electron chi connectivity index (χ1n) is 17.0. The zero-order valence-corrected chi connectivity index (χ0v) is 36.1. The van der Waals surface area contributed by atoms with E-state index in [2.05, 4.69) is 161 Å². The maximum atomic E-state index is 3.65. The minimum Gasteiger partial charge on any atom is -1.00 e. The van der Waals surface area contributed by atoms with Crippen molar-refractivity contribution in [1.29, 1.82) is 0 Å². The number of aryl methyl sites for hydroxylation is 2. The standard InChI is InChI=1S/C25H25.C10H17Si.C9H10.2ClH.Zr/c1-14-12-24(3,4)22-8-16-7-17-9-23-19(15(2)13-25(23,5)6)11-21(17)20(16)10-18(14)22;1-8-6-9(2)10(7-8)11(3,4)5;1-2-6-9-7-4-3-5-8-9;;;/h8-12H,7H2,1-6H3;6-7H,1-5H3;3-5,7-8H,2H2,1H3;2*1H;/q2*-1;;;;+2/p-2. The normalized spacial score (nSPS) is 15.5. The monoisotopic (exact) mass is 768 g/mol. The van der Waals surface area contributed by atoms with Crippen LogP contribution in [0.3, 0.4) is 0 Å². The van der Waals surface area contributed by atoms with Crippen LogP contribution in [0.4, 0.5) is 0 Å². The van der Waals surface area contributed by atoms with Crippen molar-refractivity contribution in [3.8, 4) is 11.1 Å². The van der Waals surface area contributed by atoms with Crippen LogP contribution in [-0.2, 0) is 41.5 Å². The van der Waals surface area contributed by atoms with Gasteiger partial charge in [-0.15, -0.1) is 11.6 Å². The molecular weight excluding hydrogens is 719 g/mol. The van der Waals surface area contributed by atoms with Crippen LogP contribution in [-0.4, -0.2) is 11.3 Å². The summed E-state index contributed by atoms with van der Waals surface area (Å²) in [6.07, 6.45) is 8.32. The third-order valence-corrected chi connectivity index (χ3v) is 13.7. The van der Waals surface area contributed by atoms with Crippen LogP contribution in [0.2, 0.25) is 19.6 Å². The largest absolute Gasteiger partial charge is 1.00 e. The molecule has 0 spiro atoms. The van der Waals surface area contributed by atoms with E-state index in [0.29, 0.717) is 0 Å². The van der Waals surface area contributed by atoms with Crippen molar-refractivity contribution in [3.63, 3.8) is 0 Å². The van der Waals surface area contributed by atoms with Crippen molar-refractivity contribution in [2.45, 2.75) is 106 Å². The molecule has 4 aromatic carbocycles. The van der Waals surface area contributed by atoms with Gasteiger partial charge in [0.25, 0.3) is 0 Å². The number of hydrogen-bond donors (Lipinski definition) is 0. The van der Waals surface area contributed by atoms with Gasteiger partial charge in [0.2, 0.25) is 0 Å². The Morgan fingerprint density at radius 3 is 1.85 bits per heavy atom. The van der Waals surface area contributed by atoms with Gasteiger partial charge >= 0.3 is 76.7 Å². The molecule has 0 bridgehead atoms. The Hall–Kier alpha value is -1.96. The Kier molecular flexibility index (Phi) is 12.7. The molecule has 0 amide bonds. The molecule has 4 heteroatoms. The second-order valence-corrected chi connectivity index (χ2v) is 22.3. The first kappa shape index (κ1) is 40.5. The molecule has 0 N–H and O–H groups in total. The van der Waals surface area contributed by atoms with E-state index in [1.165, 1.54) is 103 Å². The first-order valence-corrected chi connectivity index (χ1v) is 21.7. The van der Waals surface area contributed by atoms with Crippen molar-refractivity contribution >= 4 is 27.6 Å². The van der Waals surface area contributed by atoms with Gasteiger partial charge in [-0.25, -0.2) is 11.6 Å². The fourth-order valence-electron chi connectivity index (χ4n) is 7.73. The number of benzene rings is 3. The minimum absolute atomic E-state index is 0. The molecule has 0 atom stereocenters. The van der Waals surface area contributed by atoms with Crippen LogP contribution in [0, 0.1) is 19.9 Å². The molecule has 0 radical (unpaired) electrons. The van der Waals surface area contributed by atoms with Gasteiger partial charge in [0, 0.05) is 13.5 Å². The molecule has 3 aliphatic rings. The average Bonchev–Trinajstić information content (AvgIpc) is 3.65. The summed E-state index contributed by atoms with van der Waals surface area (Å²) >= 11 is 1.54. The molecule has 0 aliphatic heterocycles. The summed E-state index contributed by atoms with van der Waals surface area (Å²) in [6, 6.07) is 25.0. The van der Waals surface area contributed by atoms with E-state index in [4.69, 9.17) is 0 Å². The van der Waals surface area contributed by atoms with Gasteiger partial charge in [-0.3, -0.25) is 6.08 Å². The molecule has 0 fully saturated rings. The average molecular weight is 771 g/mol. The molecule has 7 rings (SSSR count). The van der Waals surface area contributed by atoms with Crippen LogP contribution in [0.25, 0.3) is 22.3 Å². The number of rotatable bonds is 3. The molecule has 4 aromatic rings. The SMILES string of the molecule is CC1=[C-]C(C)(C)c2cc3c(cc21)-c1cc2c(cc1C3)C(C)(C)C=C2C.CC[C](=[Zr+2])c1ccccc1.Cc1cc([Si](C)(C)C)c(C)[cH-]1.[Cl-].[Cl-]. The Balaban J connectivity index is 0.000000228. The van der Waals surface area contributed by atoms with E-state index in [0.717, 1.165) is 6.42 Å². The summed E-state index contributed by atoms with van der Waals surface area (Å²) in [5, 5.41) is 1.62. The van der Waals surface area contributed by atoms with Gasteiger partial charge in [0.1, 0.15) is 0 Å². The molecule has 0 unspecified atom stereocenters. The fourth-order valence-corrected chi connectivity index (χ4v) is 10.1. The number of allylic oxidation sites excluding steroid dienone is 4. The van der Waals surface area contributed by atoms with Crippen molar-refractivity contribution in [1.82, 2.24) is 0 Å². The summed E-state index contributed by atoms with van der Waals surface area (Å²) in [5.74, 6) is 0. The minimum atomic E-state index is -1.06. The molecule has 0 saturated carbocycles. The van der Waals surface area contributed by atoms with E-state index < -0.39 is 8.07 Å². The van der Waals surface area contributed by atoms with E-state index in [1.807, 2.05) is 0 Å². The number of fused-ring (bicyclic) bond motifs is 5. The van der Waals surface area contributed by atoms with Crippen LogP contribution in [0.1, 0.15) is 105 Å². The van der Waals surface area contributed by atoms with Gasteiger partial charge in [-0.05, 0) is 58.4 Å². The molecule has 48 heavy (non-hydrogen) atoms. The van der Waals surface area contributed by atoms with Crippen molar-refractivity contribution < 1.29 is 49.0 Å². The smallest absolute Gasteiger partial charge is 0.00418 e. The van der Waals surface area contributed by atoms with Crippen LogP contribution in [0.5, 0.6) is 0 Å². The molecule has 3 aliphatic carbocycles. The summed E-state index contributed by atoms with van der Waals surface area (Å²) in [5.41, 5.74) is 18.9. The van der Waals surface area contributed by atoms with E-state index >= 15 is 0 Å². The van der Waals surface area contributed by atoms with Crippen molar-refractivity contribution in [3.05, 3.63) is 129 Å². The Labute approximate surface area is 320 Å². The third kappa shape index (κ3) is 8.15. The summed E-state index contributed by atoms with van der Waals surface area (Å²) in [7, 11) is -1.06. The van der Waals surface area contributed by atoms with Crippen LogP contribution < -0.4 is 30.0 Å². The van der Waals surface area contributed by atoms with Crippen LogP contribution >= 0.6 is 0 Å². The molecule has 0 aromatic heterocycles. The summed E-state index contributed by atoms with van der Waals surface area (Å²) in [4.78, 5) is 0.